The number of nitrogen functional groups attached to an aromatic ring is 1. The van der Waals surface area contributed by atoms with E-state index in [4.69, 9.17) is 10.7 Å². The fraction of sp³-hybridized carbons (Fsp3) is 0.667. The summed E-state index contributed by atoms with van der Waals surface area (Å²) in [6.07, 6.45) is 10.8. The molecule has 0 amide bonds. The Morgan fingerprint density at radius 3 is 2.50 bits per heavy atom. The number of nitrogens with two attached hydrogens (primary N) is 1. The number of aromatic nitrogens is 3. The summed E-state index contributed by atoms with van der Waals surface area (Å²) >= 11 is 0. The molecule has 1 saturated heterocycles. The fourth-order valence-electron chi connectivity index (χ4n) is 5.96. The van der Waals surface area contributed by atoms with Crippen LogP contribution in [0, 0.1) is 24.7 Å². The van der Waals surface area contributed by atoms with Crippen molar-refractivity contribution >= 4 is 5.82 Å². The standard InChI is InChI=1S/C24H34N6/c1-15-9-17(13-26-24(15)25)21-14-30(22(27-21)10-16-3-4-16)23-19-11-18(12-20(19)23)29-7-5-28(2)6-8-29/h9,13-14,16,18-20,23H,3-8,10-12H2,1-2H3,(H2,25,26)/t18?,19-,20+,23+. The van der Waals surface area contributed by atoms with E-state index in [2.05, 4.69) is 38.7 Å². The van der Waals surface area contributed by atoms with E-state index in [1.165, 1.54) is 57.7 Å². The Kier molecular flexibility index (Phi) is 4.43. The van der Waals surface area contributed by atoms with Crippen molar-refractivity contribution in [1.29, 1.82) is 0 Å². The maximum Gasteiger partial charge on any atom is 0.126 e. The van der Waals surface area contributed by atoms with E-state index in [9.17, 15) is 0 Å². The summed E-state index contributed by atoms with van der Waals surface area (Å²) in [5.41, 5.74) is 9.13. The van der Waals surface area contributed by atoms with Gasteiger partial charge in [0.1, 0.15) is 11.6 Å². The van der Waals surface area contributed by atoms with Crippen molar-refractivity contribution in [3.63, 3.8) is 0 Å². The smallest absolute Gasteiger partial charge is 0.126 e. The lowest BCUT2D eigenvalue weighted by atomic mass is 10.1. The van der Waals surface area contributed by atoms with E-state index >= 15 is 0 Å². The van der Waals surface area contributed by atoms with Gasteiger partial charge in [-0.1, -0.05) is 0 Å². The highest BCUT2D eigenvalue weighted by atomic mass is 15.3. The van der Waals surface area contributed by atoms with Gasteiger partial charge in [0.05, 0.1) is 5.69 Å². The van der Waals surface area contributed by atoms with Crippen molar-refractivity contribution in [3.8, 4) is 11.3 Å². The summed E-state index contributed by atoms with van der Waals surface area (Å²) in [5, 5.41) is 0. The zero-order valence-electron chi connectivity index (χ0n) is 18.3. The van der Waals surface area contributed by atoms with E-state index in [0.717, 1.165) is 47.0 Å². The van der Waals surface area contributed by atoms with Crippen LogP contribution in [0.4, 0.5) is 5.82 Å². The quantitative estimate of drug-likeness (QED) is 0.827. The minimum absolute atomic E-state index is 0.614. The van der Waals surface area contributed by atoms with Crippen LogP contribution in [-0.4, -0.2) is 63.6 Å². The van der Waals surface area contributed by atoms with Gasteiger partial charge < -0.3 is 15.2 Å². The van der Waals surface area contributed by atoms with E-state index in [-0.39, 0.29) is 0 Å². The van der Waals surface area contributed by atoms with E-state index < -0.39 is 0 Å². The minimum Gasteiger partial charge on any atom is -0.383 e. The first-order chi connectivity index (χ1) is 14.6. The zero-order chi connectivity index (χ0) is 20.4. The number of rotatable bonds is 5. The molecule has 4 fully saturated rings. The Morgan fingerprint density at radius 1 is 1.10 bits per heavy atom. The predicted octanol–water partition coefficient (Wildman–Crippen LogP) is 2.99. The molecule has 6 heteroatoms. The Labute approximate surface area is 179 Å². The average Bonchev–Trinajstić information content (AvgIpc) is 3.58. The molecule has 6 rings (SSSR count). The number of piperazine rings is 1. The van der Waals surface area contributed by atoms with Gasteiger partial charge >= 0.3 is 0 Å². The molecule has 0 bridgehead atoms. The molecule has 4 atom stereocenters. The number of fused-ring (bicyclic) bond motifs is 1. The van der Waals surface area contributed by atoms with Gasteiger partial charge in [0.25, 0.3) is 0 Å². The van der Waals surface area contributed by atoms with Crippen LogP contribution in [0.25, 0.3) is 11.3 Å². The SMILES string of the molecule is Cc1cc(-c2cn([C@H]3[C@@H]4CC(N5CCN(C)CC5)C[C@@H]43)c(CC3CC3)n2)cnc1N. The summed E-state index contributed by atoms with van der Waals surface area (Å²) in [4.78, 5) is 14.7. The van der Waals surface area contributed by atoms with E-state index in [1.807, 2.05) is 13.1 Å². The number of hydrogen-bond acceptors (Lipinski definition) is 5. The maximum absolute atomic E-state index is 5.94. The Balaban J connectivity index is 1.21. The number of imidazole rings is 1. The molecule has 3 heterocycles. The number of anilines is 1. The first-order valence-corrected chi connectivity index (χ1v) is 11.8. The normalized spacial score (nSPS) is 31.8. The number of nitrogens with zero attached hydrogens (tertiary/aromatic N) is 5. The largest absolute Gasteiger partial charge is 0.383 e. The van der Waals surface area contributed by atoms with Gasteiger partial charge in [-0.3, -0.25) is 4.90 Å². The van der Waals surface area contributed by atoms with Gasteiger partial charge in [-0.2, -0.15) is 0 Å². The van der Waals surface area contributed by atoms with Crippen molar-refractivity contribution < 1.29 is 0 Å². The van der Waals surface area contributed by atoms with Crippen molar-refractivity contribution in [3.05, 3.63) is 29.8 Å². The number of aryl methyl sites for hydroxylation is 1. The van der Waals surface area contributed by atoms with Crippen LogP contribution in [0.5, 0.6) is 0 Å². The van der Waals surface area contributed by atoms with Gasteiger partial charge in [-0.25, -0.2) is 9.97 Å². The molecule has 0 spiro atoms. The third kappa shape index (κ3) is 3.34. The highest BCUT2D eigenvalue weighted by Crippen LogP contribution is 2.62. The van der Waals surface area contributed by atoms with Crippen LogP contribution in [0.2, 0.25) is 0 Å². The molecule has 0 radical (unpaired) electrons. The number of pyridine rings is 1. The number of likely N-dealkylation sites (N-methyl/N-ethyl adjacent to an activating group) is 1. The molecule has 160 valence electrons. The van der Waals surface area contributed by atoms with Crippen LogP contribution in [0.1, 0.15) is 43.1 Å². The summed E-state index contributed by atoms with van der Waals surface area (Å²) < 4.78 is 2.56. The Morgan fingerprint density at radius 2 is 1.83 bits per heavy atom. The van der Waals surface area contributed by atoms with E-state index in [1.54, 1.807) is 0 Å². The second-order valence-electron chi connectivity index (χ2n) is 10.3. The molecule has 1 unspecified atom stereocenters. The highest BCUT2D eigenvalue weighted by Gasteiger charge is 2.58. The van der Waals surface area contributed by atoms with Crippen LogP contribution < -0.4 is 5.73 Å². The number of hydrogen-bond donors (Lipinski definition) is 1. The maximum atomic E-state index is 5.94. The van der Waals surface area contributed by atoms with Crippen molar-refractivity contribution in [2.24, 2.45) is 17.8 Å². The van der Waals surface area contributed by atoms with Gasteiger partial charge in [-0.15, -0.1) is 0 Å². The van der Waals surface area contributed by atoms with Crippen molar-refractivity contribution in [2.45, 2.75) is 51.1 Å². The summed E-state index contributed by atoms with van der Waals surface area (Å²) in [6, 6.07) is 3.61. The fourth-order valence-corrected chi connectivity index (χ4v) is 5.96. The topological polar surface area (TPSA) is 63.2 Å². The molecule has 1 aliphatic heterocycles. The Bertz CT molecular complexity index is 927. The third-order valence-electron chi connectivity index (χ3n) is 8.14. The predicted molar refractivity (Wildman–Crippen MR) is 119 cm³/mol. The minimum atomic E-state index is 0.614. The molecule has 2 N–H and O–H groups in total. The molecule has 3 saturated carbocycles. The molecule has 2 aromatic heterocycles. The van der Waals surface area contributed by atoms with Gasteiger partial charge in [0.15, 0.2) is 0 Å². The highest BCUT2D eigenvalue weighted by molar-refractivity contribution is 5.61. The molecule has 4 aliphatic rings. The zero-order valence-corrected chi connectivity index (χ0v) is 18.3. The molecule has 30 heavy (non-hydrogen) atoms. The molecule has 6 nitrogen and oxygen atoms in total. The second kappa shape index (κ2) is 7.06. The average molecular weight is 407 g/mol. The van der Waals surface area contributed by atoms with Gasteiger partial charge in [0.2, 0.25) is 0 Å². The third-order valence-corrected chi connectivity index (χ3v) is 8.14. The van der Waals surface area contributed by atoms with Crippen LogP contribution in [0.15, 0.2) is 18.5 Å². The van der Waals surface area contributed by atoms with Gasteiger partial charge in [0, 0.05) is 62.6 Å². The van der Waals surface area contributed by atoms with Gasteiger partial charge in [-0.05, 0) is 69.0 Å². The molecule has 3 aliphatic carbocycles. The van der Waals surface area contributed by atoms with Crippen LogP contribution in [0.3, 0.4) is 0 Å². The summed E-state index contributed by atoms with van der Waals surface area (Å²) in [6.45, 7) is 6.97. The summed E-state index contributed by atoms with van der Waals surface area (Å²) in [5.74, 6) is 4.46. The van der Waals surface area contributed by atoms with Crippen LogP contribution >= 0.6 is 0 Å². The first kappa shape index (κ1) is 18.8. The monoisotopic (exact) mass is 406 g/mol. The lowest BCUT2D eigenvalue weighted by molar-refractivity contribution is 0.105. The second-order valence-corrected chi connectivity index (χ2v) is 10.3. The molecular weight excluding hydrogens is 372 g/mol. The van der Waals surface area contributed by atoms with Crippen molar-refractivity contribution in [2.75, 3.05) is 39.0 Å². The Hall–Kier alpha value is -1.92. The molecular formula is C24H34N6. The summed E-state index contributed by atoms with van der Waals surface area (Å²) in [7, 11) is 2.25. The van der Waals surface area contributed by atoms with Crippen molar-refractivity contribution in [1.82, 2.24) is 24.3 Å². The lowest BCUT2D eigenvalue weighted by Gasteiger charge is -2.37. The molecule has 2 aromatic rings. The van der Waals surface area contributed by atoms with Crippen LogP contribution in [-0.2, 0) is 6.42 Å². The van der Waals surface area contributed by atoms with E-state index in [0.29, 0.717) is 11.9 Å². The molecule has 0 aromatic carbocycles. The first-order valence-electron chi connectivity index (χ1n) is 11.8. The lowest BCUT2D eigenvalue weighted by Crippen LogP contribution is -2.48.